The zero-order valence-electron chi connectivity index (χ0n) is 16.3. The molecule has 0 aromatic heterocycles. The van der Waals surface area contributed by atoms with E-state index in [4.69, 9.17) is 0 Å². The zero-order valence-corrected chi connectivity index (χ0v) is 18.0. The highest BCUT2D eigenvalue weighted by atomic mass is 32.2. The number of halogens is 2. The second kappa shape index (κ2) is 8.71. The number of benzene rings is 2. The summed E-state index contributed by atoms with van der Waals surface area (Å²) in [7, 11) is -6.86. The van der Waals surface area contributed by atoms with E-state index in [2.05, 4.69) is 9.71 Å². The molecule has 3 rings (SSSR count). The largest absolute Gasteiger partial charge is 0.362 e. The molecular weight excluding hydrogens is 452 g/mol. The van der Waals surface area contributed by atoms with Crippen molar-refractivity contribution in [1.82, 2.24) is 4.90 Å². The van der Waals surface area contributed by atoms with Crippen molar-refractivity contribution >= 4 is 37.3 Å². The third kappa shape index (κ3) is 5.07. The highest BCUT2D eigenvalue weighted by Crippen LogP contribution is 2.21. The van der Waals surface area contributed by atoms with E-state index in [1.54, 1.807) is 11.9 Å². The molecule has 1 N–H and O–H groups in total. The van der Waals surface area contributed by atoms with Crippen LogP contribution in [0, 0.1) is 0 Å². The van der Waals surface area contributed by atoms with Crippen molar-refractivity contribution in [2.75, 3.05) is 18.9 Å². The molecular formula is C19H19F2N3O5S2. The number of amidine groups is 1. The Balaban J connectivity index is 1.72. The predicted molar refractivity (Wildman–Crippen MR) is 111 cm³/mol. The Morgan fingerprint density at radius 3 is 2.10 bits per heavy atom. The highest BCUT2D eigenvalue weighted by molar-refractivity contribution is 7.91. The molecule has 2 aromatic rings. The van der Waals surface area contributed by atoms with Crippen LogP contribution < -0.4 is 5.32 Å². The van der Waals surface area contributed by atoms with Crippen LogP contribution in [0.5, 0.6) is 0 Å². The highest BCUT2D eigenvalue weighted by Gasteiger charge is 2.26. The van der Waals surface area contributed by atoms with Crippen molar-refractivity contribution in [2.24, 2.45) is 4.40 Å². The van der Waals surface area contributed by atoms with Crippen LogP contribution in [0.15, 0.2) is 62.7 Å². The number of carbonyl (C=O) groups excluding carboxylic acids is 1. The molecule has 31 heavy (non-hydrogen) atoms. The molecule has 0 bridgehead atoms. The van der Waals surface area contributed by atoms with E-state index in [-0.39, 0.29) is 10.5 Å². The quantitative estimate of drug-likeness (QED) is 0.693. The summed E-state index contributed by atoms with van der Waals surface area (Å²) in [5, 5.41) is 2.52. The van der Waals surface area contributed by atoms with E-state index in [0.29, 0.717) is 17.9 Å². The number of sulfone groups is 1. The maximum atomic E-state index is 12.6. The fraction of sp³-hybridized carbons (Fsp3) is 0.263. The number of likely N-dealkylation sites (tertiary alicyclic amines) is 1. The lowest BCUT2D eigenvalue weighted by Crippen LogP contribution is -2.20. The minimum absolute atomic E-state index is 0.0279. The lowest BCUT2D eigenvalue weighted by molar-refractivity contribution is 0.102. The molecule has 0 saturated carbocycles. The fourth-order valence-corrected chi connectivity index (χ4v) is 4.73. The van der Waals surface area contributed by atoms with E-state index in [1.807, 2.05) is 0 Å². The van der Waals surface area contributed by atoms with Gasteiger partial charge in [0.15, 0.2) is 0 Å². The van der Waals surface area contributed by atoms with Gasteiger partial charge in [0.1, 0.15) is 5.84 Å². The molecule has 1 heterocycles. The molecule has 12 heteroatoms. The molecule has 2 aromatic carbocycles. The van der Waals surface area contributed by atoms with Gasteiger partial charge in [-0.1, -0.05) is 0 Å². The van der Waals surface area contributed by atoms with Gasteiger partial charge in [0, 0.05) is 31.3 Å². The molecule has 0 spiro atoms. The van der Waals surface area contributed by atoms with Crippen molar-refractivity contribution in [1.29, 1.82) is 0 Å². The molecule has 1 aliphatic heterocycles. The van der Waals surface area contributed by atoms with E-state index in [1.165, 1.54) is 24.3 Å². The normalized spacial score (nSPS) is 16.1. The number of nitrogens with zero attached hydrogens (tertiary/aromatic N) is 2. The lowest BCUT2D eigenvalue weighted by Gasteiger charge is -2.11. The zero-order chi connectivity index (χ0) is 22.8. The summed E-state index contributed by atoms with van der Waals surface area (Å²) in [6, 6.07) is 9.45. The first-order valence-corrected chi connectivity index (χ1v) is 12.1. The van der Waals surface area contributed by atoms with Gasteiger partial charge < -0.3 is 10.2 Å². The summed E-state index contributed by atoms with van der Waals surface area (Å²) in [6.07, 6.45) is 1.42. The van der Waals surface area contributed by atoms with Crippen molar-refractivity contribution in [2.45, 2.75) is 28.4 Å². The minimum Gasteiger partial charge on any atom is -0.362 e. The Bertz CT molecular complexity index is 1210. The first-order chi connectivity index (χ1) is 14.5. The molecule has 0 unspecified atom stereocenters. The van der Waals surface area contributed by atoms with Gasteiger partial charge in [-0.15, -0.1) is 4.40 Å². The Morgan fingerprint density at radius 1 is 1.00 bits per heavy atom. The number of rotatable bonds is 6. The van der Waals surface area contributed by atoms with Gasteiger partial charge in [-0.05, 0) is 55.0 Å². The van der Waals surface area contributed by atoms with Crippen LogP contribution in [0.2, 0.25) is 0 Å². The lowest BCUT2D eigenvalue weighted by atomic mass is 10.2. The van der Waals surface area contributed by atoms with Crippen molar-refractivity contribution < 1.29 is 30.4 Å². The summed E-state index contributed by atoms with van der Waals surface area (Å²) in [5.74, 6) is -3.68. The molecule has 8 nitrogen and oxygen atoms in total. The van der Waals surface area contributed by atoms with E-state index >= 15 is 0 Å². The summed E-state index contributed by atoms with van der Waals surface area (Å²) >= 11 is 0. The second-order valence-electron chi connectivity index (χ2n) is 6.82. The molecule has 1 aliphatic rings. The van der Waals surface area contributed by atoms with Gasteiger partial charge in [-0.3, -0.25) is 4.79 Å². The van der Waals surface area contributed by atoms with Gasteiger partial charge in [0.25, 0.3) is 15.9 Å². The maximum Gasteiger partial charge on any atom is 0.341 e. The molecule has 1 fully saturated rings. The van der Waals surface area contributed by atoms with Gasteiger partial charge in [-0.25, -0.2) is 8.42 Å². The molecule has 1 amide bonds. The average molecular weight is 472 g/mol. The van der Waals surface area contributed by atoms with Gasteiger partial charge in [0.2, 0.25) is 9.84 Å². The third-order valence-electron chi connectivity index (χ3n) is 4.65. The SMILES string of the molecule is CN1CCC/C1=N\S(=O)(=O)c1ccc(NC(=O)c2ccc(S(=O)(=O)C(F)F)cc2)cc1. The maximum absolute atomic E-state index is 12.6. The average Bonchev–Trinajstić information content (AvgIpc) is 3.12. The summed E-state index contributed by atoms with van der Waals surface area (Å²) in [6.45, 7) is 0.744. The van der Waals surface area contributed by atoms with Crippen LogP contribution in [-0.4, -0.2) is 52.8 Å². The third-order valence-corrected chi connectivity index (χ3v) is 7.37. The molecule has 0 aliphatic carbocycles. The molecule has 166 valence electrons. The first-order valence-electron chi connectivity index (χ1n) is 9.09. The summed E-state index contributed by atoms with van der Waals surface area (Å²) < 4.78 is 76.8. The van der Waals surface area contributed by atoms with Crippen LogP contribution in [0.1, 0.15) is 23.2 Å². The topological polar surface area (TPSA) is 113 Å². The van der Waals surface area contributed by atoms with Crippen LogP contribution in [0.3, 0.4) is 0 Å². The van der Waals surface area contributed by atoms with Crippen LogP contribution in [0.25, 0.3) is 0 Å². The standard InChI is InChI=1S/C19H19F2N3O5S2/c1-24-12-2-3-17(24)23-31(28,29)16-10-6-14(7-11-16)22-18(25)13-4-8-15(9-5-13)30(26,27)19(20)21/h4-11,19H,2-3,12H2,1H3,(H,22,25)/b23-17+. The molecule has 1 saturated heterocycles. The van der Waals surface area contributed by atoms with Gasteiger partial charge in [0.05, 0.1) is 9.79 Å². The number of hydrogen-bond acceptors (Lipinski definition) is 5. The molecule has 0 radical (unpaired) electrons. The van der Waals surface area contributed by atoms with Crippen molar-refractivity contribution in [3.05, 3.63) is 54.1 Å². The van der Waals surface area contributed by atoms with E-state index < -0.39 is 36.4 Å². The number of nitrogens with one attached hydrogen (secondary N) is 1. The van der Waals surface area contributed by atoms with E-state index in [0.717, 1.165) is 37.2 Å². The Morgan fingerprint density at radius 2 is 1.58 bits per heavy atom. The van der Waals surface area contributed by atoms with Crippen LogP contribution >= 0.6 is 0 Å². The summed E-state index contributed by atoms with van der Waals surface area (Å²) in [4.78, 5) is 13.5. The number of carbonyl (C=O) groups is 1. The predicted octanol–water partition coefficient (Wildman–Crippen LogP) is 2.75. The Kier molecular flexibility index (Phi) is 6.41. The van der Waals surface area contributed by atoms with Gasteiger partial charge >= 0.3 is 5.76 Å². The minimum atomic E-state index is -4.74. The number of anilines is 1. The Hall–Kier alpha value is -2.86. The Labute approximate surface area is 178 Å². The number of alkyl halides is 2. The number of hydrogen-bond donors (Lipinski definition) is 1. The number of amides is 1. The monoisotopic (exact) mass is 471 g/mol. The van der Waals surface area contributed by atoms with Crippen LogP contribution in [0.4, 0.5) is 14.5 Å². The van der Waals surface area contributed by atoms with Gasteiger partial charge in [-0.2, -0.15) is 17.2 Å². The fourth-order valence-electron chi connectivity index (χ4n) is 2.91. The number of sulfonamides is 1. The second-order valence-corrected chi connectivity index (χ2v) is 10.3. The van der Waals surface area contributed by atoms with E-state index in [9.17, 15) is 30.4 Å². The van der Waals surface area contributed by atoms with Crippen molar-refractivity contribution in [3.8, 4) is 0 Å². The molecule has 0 atom stereocenters. The summed E-state index contributed by atoms with van der Waals surface area (Å²) in [5.41, 5.74) is 0.333. The first kappa shape index (κ1) is 22.8. The van der Waals surface area contributed by atoms with Crippen LogP contribution in [-0.2, 0) is 19.9 Å². The smallest absolute Gasteiger partial charge is 0.341 e. The van der Waals surface area contributed by atoms with Crippen molar-refractivity contribution in [3.63, 3.8) is 0 Å².